The standard InChI is InChI=1S/C13H18F2N2O2S/c1-2-7-16-8-10-11(14)5-6-12(13(10)15)20(18,19)17-9-3-4-9/h5-6,9,16-17H,2-4,7-8H2,1H3. The molecular weight excluding hydrogens is 286 g/mol. The molecule has 0 radical (unpaired) electrons. The lowest BCUT2D eigenvalue weighted by molar-refractivity contribution is 0.511. The second kappa shape index (κ2) is 6.15. The first kappa shape index (κ1) is 15.3. The van der Waals surface area contributed by atoms with Crippen molar-refractivity contribution in [2.75, 3.05) is 6.54 Å². The Hall–Kier alpha value is -1.05. The minimum atomic E-state index is -3.92. The summed E-state index contributed by atoms with van der Waals surface area (Å²) >= 11 is 0. The molecule has 7 heteroatoms. The summed E-state index contributed by atoms with van der Waals surface area (Å²) in [4.78, 5) is -0.487. The second-order valence-electron chi connectivity index (χ2n) is 4.91. The van der Waals surface area contributed by atoms with Gasteiger partial charge in [0.05, 0.1) is 0 Å². The summed E-state index contributed by atoms with van der Waals surface area (Å²) in [5.41, 5.74) is -0.239. The van der Waals surface area contributed by atoms with E-state index in [-0.39, 0.29) is 18.2 Å². The quantitative estimate of drug-likeness (QED) is 0.757. The van der Waals surface area contributed by atoms with Gasteiger partial charge in [-0.15, -0.1) is 0 Å². The lowest BCUT2D eigenvalue weighted by atomic mass is 10.2. The first-order valence-electron chi connectivity index (χ1n) is 6.65. The molecule has 1 aromatic carbocycles. The van der Waals surface area contributed by atoms with Gasteiger partial charge >= 0.3 is 0 Å². The number of benzene rings is 1. The van der Waals surface area contributed by atoms with E-state index in [1.165, 1.54) is 0 Å². The van der Waals surface area contributed by atoms with Crippen molar-refractivity contribution in [2.24, 2.45) is 0 Å². The molecule has 0 aromatic heterocycles. The highest BCUT2D eigenvalue weighted by atomic mass is 32.2. The zero-order valence-corrected chi connectivity index (χ0v) is 12.1. The molecule has 1 aliphatic rings. The van der Waals surface area contributed by atoms with E-state index in [4.69, 9.17) is 0 Å². The molecule has 0 unspecified atom stereocenters. The van der Waals surface area contributed by atoms with Gasteiger partial charge in [-0.05, 0) is 37.9 Å². The van der Waals surface area contributed by atoms with Crippen LogP contribution in [0.4, 0.5) is 8.78 Å². The number of nitrogens with one attached hydrogen (secondary N) is 2. The molecule has 1 fully saturated rings. The summed E-state index contributed by atoms with van der Waals surface area (Å²) in [6, 6.07) is 1.85. The number of hydrogen-bond acceptors (Lipinski definition) is 3. The minimum absolute atomic E-state index is 0.0295. The Morgan fingerprint density at radius 3 is 2.60 bits per heavy atom. The van der Waals surface area contributed by atoms with Gasteiger partial charge < -0.3 is 5.32 Å². The van der Waals surface area contributed by atoms with E-state index in [0.717, 1.165) is 31.4 Å². The van der Waals surface area contributed by atoms with Crippen LogP contribution in [-0.4, -0.2) is 21.0 Å². The summed E-state index contributed by atoms with van der Waals surface area (Å²) in [5, 5.41) is 2.87. The molecule has 0 heterocycles. The zero-order valence-electron chi connectivity index (χ0n) is 11.2. The van der Waals surface area contributed by atoms with E-state index in [9.17, 15) is 17.2 Å². The third-order valence-electron chi connectivity index (χ3n) is 3.07. The van der Waals surface area contributed by atoms with Crippen molar-refractivity contribution in [1.82, 2.24) is 10.0 Å². The lowest BCUT2D eigenvalue weighted by Crippen LogP contribution is -2.27. The first-order valence-corrected chi connectivity index (χ1v) is 8.14. The number of halogens is 2. The van der Waals surface area contributed by atoms with Crippen LogP contribution in [-0.2, 0) is 16.6 Å². The molecule has 1 saturated carbocycles. The molecule has 1 aromatic rings. The van der Waals surface area contributed by atoms with Crippen LogP contribution in [0.25, 0.3) is 0 Å². The molecule has 0 spiro atoms. The fraction of sp³-hybridized carbons (Fsp3) is 0.538. The average Bonchev–Trinajstić information content (AvgIpc) is 3.16. The van der Waals surface area contributed by atoms with Gasteiger partial charge in [-0.3, -0.25) is 0 Å². The van der Waals surface area contributed by atoms with Crippen LogP contribution in [0, 0.1) is 11.6 Å². The average molecular weight is 304 g/mol. The molecule has 112 valence electrons. The molecular formula is C13H18F2N2O2S. The SMILES string of the molecule is CCCNCc1c(F)ccc(S(=O)(=O)NC2CC2)c1F. The fourth-order valence-electron chi connectivity index (χ4n) is 1.82. The molecule has 4 nitrogen and oxygen atoms in total. The molecule has 0 amide bonds. The summed E-state index contributed by atoms with van der Waals surface area (Å²) in [6.45, 7) is 2.51. The second-order valence-corrected chi connectivity index (χ2v) is 6.59. The minimum Gasteiger partial charge on any atom is -0.312 e. The van der Waals surface area contributed by atoms with Crippen LogP contribution in [0.15, 0.2) is 17.0 Å². The van der Waals surface area contributed by atoms with Crippen molar-refractivity contribution < 1.29 is 17.2 Å². The molecule has 2 N–H and O–H groups in total. The van der Waals surface area contributed by atoms with Crippen LogP contribution >= 0.6 is 0 Å². The largest absolute Gasteiger partial charge is 0.312 e. The highest BCUT2D eigenvalue weighted by Crippen LogP contribution is 2.25. The Balaban J connectivity index is 2.27. The summed E-state index contributed by atoms with van der Waals surface area (Å²) in [5.74, 6) is -1.75. The smallest absolute Gasteiger partial charge is 0.243 e. The monoisotopic (exact) mass is 304 g/mol. The van der Waals surface area contributed by atoms with Crippen LogP contribution in [0.5, 0.6) is 0 Å². The Morgan fingerprint density at radius 1 is 1.30 bits per heavy atom. The topological polar surface area (TPSA) is 58.2 Å². The van der Waals surface area contributed by atoms with Crippen LogP contribution < -0.4 is 10.0 Å². The van der Waals surface area contributed by atoms with E-state index in [0.29, 0.717) is 6.54 Å². The highest BCUT2D eigenvalue weighted by Gasteiger charge is 2.30. The first-order chi connectivity index (χ1) is 9.45. The number of rotatable bonds is 7. The van der Waals surface area contributed by atoms with Crippen LogP contribution in [0.2, 0.25) is 0 Å². The van der Waals surface area contributed by atoms with Gasteiger partial charge in [-0.1, -0.05) is 6.92 Å². The maximum absolute atomic E-state index is 14.2. The molecule has 0 bridgehead atoms. The van der Waals surface area contributed by atoms with Crippen molar-refractivity contribution in [2.45, 2.75) is 43.7 Å². The third-order valence-corrected chi connectivity index (χ3v) is 4.61. The Labute approximate surface area is 117 Å². The molecule has 1 aliphatic carbocycles. The fourth-order valence-corrected chi connectivity index (χ4v) is 3.23. The number of sulfonamides is 1. The van der Waals surface area contributed by atoms with Gasteiger partial charge in [0.15, 0.2) is 5.82 Å². The molecule has 0 atom stereocenters. The Kier molecular flexibility index (Phi) is 4.72. The maximum Gasteiger partial charge on any atom is 0.243 e. The van der Waals surface area contributed by atoms with E-state index in [1.807, 2.05) is 6.92 Å². The zero-order chi connectivity index (χ0) is 14.8. The number of hydrogen-bond donors (Lipinski definition) is 2. The van der Waals surface area contributed by atoms with Gasteiger partial charge in [-0.2, -0.15) is 0 Å². The van der Waals surface area contributed by atoms with Crippen molar-refractivity contribution in [3.05, 3.63) is 29.3 Å². The highest BCUT2D eigenvalue weighted by molar-refractivity contribution is 7.89. The normalized spacial score (nSPS) is 15.6. The molecule has 0 aliphatic heterocycles. The third kappa shape index (κ3) is 3.53. The van der Waals surface area contributed by atoms with E-state index >= 15 is 0 Å². The van der Waals surface area contributed by atoms with Crippen LogP contribution in [0.3, 0.4) is 0 Å². The van der Waals surface area contributed by atoms with Crippen molar-refractivity contribution in [1.29, 1.82) is 0 Å². The maximum atomic E-state index is 14.2. The lowest BCUT2D eigenvalue weighted by Gasteiger charge is -2.11. The summed E-state index contributed by atoms with van der Waals surface area (Å²) < 4.78 is 54.3. The van der Waals surface area contributed by atoms with E-state index < -0.39 is 26.6 Å². The molecule has 20 heavy (non-hydrogen) atoms. The van der Waals surface area contributed by atoms with E-state index in [2.05, 4.69) is 10.0 Å². The van der Waals surface area contributed by atoms with E-state index in [1.54, 1.807) is 0 Å². The Morgan fingerprint density at radius 2 is 2.00 bits per heavy atom. The van der Waals surface area contributed by atoms with Gasteiger partial charge in [0.1, 0.15) is 10.7 Å². The van der Waals surface area contributed by atoms with Crippen molar-refractivity contribution in [3.63, 3.8) is 0 Å². The van der Waals surface area contributed by atoms with Gasteiger partial charge in [0.2, 0.25) is 10.0 Å². The molecule has 2 rings (SSSR count). The summed E-state index contributed by atoms with van der Waals surface area (Å²) in [7, 11) is -3.92. The molecule has 0 saturated heterocycles. The van der Waals surface area contributed by atoms with Gasteiger partial charge in [0, 0.05) is 18.2 Å². The van der Waals surface area contributed by atoms with Crippen molar-refractivity contribution >= 4 is 10.0 Å². The predicted molar refractivity (Wildman–Crippen MR) is 71.7 cm³/mol. The summed E-state index contributed by atoms with van der Waals surface area (Å²) in [6.07, 6.45) is 2.34. The van der Waals surface area contributed by atoms with Crippen molar-refractivity contribution in [3.8, 4) is 0 Å². The van der Waals surface area contributed by atoms with Gasteiger partial charge in [-0.25, -0.2) is 21.9 Å². The predicted octanol–water partition coefficient (Wildman–Crippen LogP) is 1.91. The van der Waals surface area contributed by atoms with Crippen LogP contribution in [0.1, 0.15) is 31.7 Å². The van der Waals surface area contributed by atoms with Gasteiger partial charge in [0.25, 0.3) is 0 Å². The Bertz CT molecular complexity index is 586.